The lowest BCUT2D eigenvalue weighted by atomic mass is 10.2. The number of nitrogens with one attached hydrogen (secondary N) is 1. The van der Waals surface area contributed by atoms with Crippen LogP contribution in [0, 0.1) is 0 Å². The fraction of sp³-hybridized carbons (Fsp3) is 0.692. The van der Waals surface area contributed by atoms with Gasteiger partial charge in [0, 0.05) is 37.8 Å². The van der Waals surface area contributed by atoms with E-state index >= 15 is 0 Å². The summed E-state index contributed by atoms with van der Waals surface area (Å²) in [5.41, 5.74) is 1.17. The van der Waals surface area contributed by atoms with E-state index in [0.29, 0.717) is 5.92 Å². The molecule has 1 unspecified atom stereocenters. The molecule has 98 valence electrons. The van der Waals surface area contributed by atoms with E-state index in [1.165, 1.54) is 18.5 Å². The standard InChI is InChI=1S/C13H20N4O/c1-14-12-7-10(9-3-4-9)15-13(16-12)11-8-17(2)5-6-18-11/h7,9,11H,3-6,8H2,1-2H3,(H,14,15,16). The average Bonchev–Trinajstić information content (AvgIpc) is 3.22. The van der Waals surface area contributed by atoms with Gasteiger partial charge in [-0.05, 0) is 19.9 Å². The summed E-state index contributed by atoms with van der Waals surface area (Å²) in [5.74, 6) is 2.37. The largest absolute Gasteiger partial charge is 0.373 e. The van der Waals surface area contributed by atoms with Gasteiger partial charge in [-0.2, -0.15) is 0 Å². The van der Waals surface area contributed by atoms with Crippen molar-refractivity contribution in [1.82, 2.24) is 14.9 Å². The van der Waals surface area contributed by atoms with Crippen LogP contribution in [-0.4, -0.2) is 48.7 Å². The molecule has 0 amide bonds. The number of nitrogens with zero attached hydrogens (tertiary/aromatic N) is 3. The molecule has 1 aromatic heterocycles. The number of hydrogen-bond acceptors (Lipinski definition) is 5. The summed E-state index contributed by atoms with van der Waals surface area (Å²) in [6.07, 6.45) is 2.52. The lowest BCUT2D eigenvalue weighted by Gasteiger charge is -2.29. The van der Waals surface area contributed by atoms with Crippen molar-refractivity contribution in [3.8, 4) is 0 Å². The normalized spacial score (nSPS) is 25.1. The Balaban J connectivity index is 1.87. The van der Waals surface area contributed by atoms with Gasteiger partial charge in [-0.15, -0.1) is 0 Å². The first kappa shape index (κ1) is 11.9. The molecule has 1 N–H and O–H groups in total. The number of aromatic nitrogens is 2. The monoisotopic (exact) mass is 248 g/mol. The maximum absolute atomic E-state index is 5.79. The second-order valence-corrected chi connectivity index (χ2v) is 5.18. The van der Waals surface area contributed by atoms with Crippen LogP contribution in [0.3, 0.4) is 0 Å². The molecule has 1 atom stereocenters. The number of ether oxygens (including phenoxy) is 1. The van der Waals surface area contributed by atoms with Crippen LogP contribution in [0.2, 0.25) is 0 Å². The zero-order valence-electron chi connectivity index (χ0n) is 11.0. The van der Waals surface area contributed by atoms with Crippen LogP contribution in [-0.2, 0) is 4.74 Å². The SMILES string of the molecule is CNc1cc(C2CC2)nc(C2CN(C)CCO2)n1. The lowest BCUT2D eigenvalue weighted by Crippen LogP contribution is -2.36. The number of morpholine rings is 1. The van der Waals surface area contributed by atoms with Crippen molar-refractivity contribution in [2.75, 3.05) is 39.1 Å². The van der Waals surface area contributed by atoms with Gasteiger partial charge in [0.1, 0.15) is 11.9 Å². The summed E-state index contributed by atoms with van der Waals surface area (Å²) in [6, 6.07) is 2.06. The van der Waals surface area contributed by atoms with Gasteiger partial charge in [0.05, 0.1) is 6.61 Å². The third-order valence-electron chi connectivity index (χ3n) is 3.57. The fourth-order valence-electron chi connectivity index (χ4n) is 2.28. The van der Waals surface area contributed by atoms with Crippen LogP contribution in [0.15, 0.2) is 6.07 Å². The van der Waals surface area contributed by atoms with Gasteiger partial charge in [-0.25, -0.2) is 9.97 Å². The van der Waals surface area contributed by atoms with E-state index in [9.17, 15) is 0 Å². The topological polar surface area (TPSA) is 50.3 Å². The molecular weight excluding hydrogens is 228 g/mol. The van der Waals surface area contributed by atoms with E-state index in [1.807, 2.05) is 7.05 Å². The number of likely N-dealkylation sites (N-methyl/N-ethyl adjacent to an activating group) is 1. The van der Waals surface area contributed by atoms with E-state index in [2.05, 4.69) is 28.3 Å². The van der Waals surface area contributed by atoms with E-state index in [-0.39, 0.29) is 6.10 Å². The third-order valence-corrected chi connectivity index (χ3v) is 3.57. The summed E-state index contributed by atoms with van der Waals surface area (Å²) in [5, 5.41) is 3.12. The van der Waals surface area contributed by atoms with Crippen molar-refractivity contribution >= 4 is 5.82 Å². The Morgan fingerprint density at radius 1 is 1.39 bits per heavy atom. The van der Waals surface area contributed by atoms with Gasteiger partial charge in [0.25, 0.3) is 0 Å². The summed E-state index contributed by atoms with van der Waals surface area (Å²) in [6.45, 7) is 2.61. The first-order valence-electron chi connectivity index (χ1n) is 6.63. The number of rotatable bonds is 3. The van der Waals surface area contributed by atoms with Gasteiger partial charge in [-0.1, -0.05) is 0 Å². The molecule has 1 aromatic rings. The zero-order valence-corrected chi connectivity index (χ0v) is 11.0. The maximum Gasteiger partial charge on any atom is 0.161 e. The molecule has 1 saturated heterocycles. The minimum Gasteiger partial charge on any atom is -0.373 e. The highest BCUT2D eigenvalue weighted by atomic mass is 16.5. The molecule has 18 heavy (non-hydrogen) atoms. The minimum absolute atomic E-state index is 0.00884. The van der Waals surface area contributed by atoms with Gasteiger partial charge in [0.15, 0.2) is 5.82 Å². The van der Waals surface area contributed by atoms with Crippen molar-refractivity contribution in [3.05, 3.63) is 17.6 Å². The first-order valence-corrected chi connectivity index (χ1v) is 6.63. The molecule has 1 aliphatic heterocycles. The van der Waals surface area contributed by atoms with Gasteiger partial charge >= 0.3 is 0 Å². The van der Waals surface area contributed by atoms with Crippen LogP contribution < -0.4 is 5.32 Å². The second kappa shape index (κ2) is 4.82. The fourth-order valence-corrected chi connectivity index (χ4v) is 2.28. The summed E-state index contributed by atoms with van der Waals surface area (Å²) >= 11 is 0. The first-order chi connectivity index (χ1) is 8.76. The Hall–Kier alpha value is -1.20. The highest BCUT2D eigenvalue weighted by Crippen LogP contribution is 2.40. The van der Waals surface area contributed by atoms with E-state index in [0.717, 1.165) is 31.3 Å². The Kier molecular flexibility index (Phi) is 3.18. The van der Waals surface area contributed by atoms with Crippen LogP contribution in [0.4, 0.5) is 5.82 Å². The van der Waals surface area contributed by atoms with Crippen LogP contribution in [0.1, 0.15) is 36.4 Å². The highest BCUT2D eigenvalue weighted by molar-refractivity contribution is 5.37. The molecule has 5 heteroatoms. The maximum atomic E-state index is 5.79. The summed E-state index contributed by atoms with van der Waals surface area (Å²) < 4.78 is 5.79. The van der Waals surface area contributed by atoms with Crippen molar-refractivity contribution < 1.29 is 4.74 Å². The summed E-state index contributed by atoms with van der Waals surface area (Å²) in [4.78, 5) is 11.5. The van der Waals surface area contributed by atoms with Gasteiger partial charge in [-0.3, -0.25) is 0 Å². The molecule has 1 saturated carbocycles. The van der Waals surface area contributed by atoms with Crippen molar-refractivity contribution in [2.24, 2.45) is 0 Å². The van der Waals surface area contributed by atoms with Crippen LogP contribution >= 0.6 is 0 Å². The second-order valence-electron chi connectivity index (χ2n) is 5.18. The van der Waals surface area contributed by atoms with Crippen molar-refractivity contribution in [1.29, 1.82) is 0 Å². The Bertz CT molecular complexity index is 433. The highest BCUT2D eigenvalue weighted by Gasteiger charge is 2.28. The minimum atomic E-state index is 0.00884. The predicted molar refractivity (Wildman–Crippen MR) is 69.7 cm³/mol. The molecular formula is C13H20N4O. The smallest absolute Gasteiger partial charge is 0.161 e. The molecule has 1 aliphatic carbocycles. The molecule has 3 rings (SSSR count). The number of hydrogen-bond donors (Lipinski definition) is 1. The molecule has 0 aromatic carbocycles. The molecule has 2 fully saturated rings. The van der Waals surface area contributed by atoms with Crippen LogP contribution in [0.5, 0.6) is 0 Å². The quantitative estimate of drug-likeness (QED) is 0.876. The van der Waals surface area contributed by atoms with Crippen molar-refractivity contribution in [3.63, 3.8) is 0 Å². The number of anilines is 1. The lowest BCUT2D eigenvalue weighted by molar-refractivity contribution is -0.0255. The molecule has 5 nitrogen and oxygen atoms in total. The molecule has 0 bridgehead atoms. The third kappa shape index (κ3) is 2.47. The van der Waals surface area contributed by atoms with Crippen LogP contribution in [0.25, 0.3) is 0 Å². The Labute approximate surface area is 108 Å². The zero-order chi connectivity index (χ0) is 12.5. The van der Waals surface area contributed by atoms with E-state index < -0.39 is 0 Å². The summed E-state index contributed by atoms with van der Waals surface area (Å²) in [7, 11) is 4.01. The average molecular weight is 248 g/mol. The predicted octanol–water partition coefficient (Wildman–Crippen LogP) is 1.40. The Morgan fingerprint density at radius 2 is 2.22 bits per heavy atom. The molecule has 2 heterocycles. The molecule has 2 aliphatic rings. The van der Waals surface area contributed by atoms with E-state index in [1.54, 1.807) is 0 Å². The Morgan fingerprint density at radius 3 is 2.89 bits per heavy atom. The van der Waals surface area contributed by atoms with E-state index in [4.69, 9.17) is 9.72 Å². The molecule has 0 radical (unpaired) electrons. The van der Waals surface area contributed by atoms with Crippen molar-refractivity contribution in [2.45, 2.75) is 24.9 Å². The van der Waals surface area contributed by atoms with Gasteiger partial charge in [0.2, 0.25) is 0 Å². The molecule has 0 spiro atoms. The van der Waals surface area contributed by atoms with Gasteiger partial charge < -0.3 is 15.0 Å².